The number of hydrogen-bond acceptors (Lipinski definition) is 2. The molecule has 1 atom stereocenters. The normalized spacial score (nSPS) is 12.2. The molecule has 112 valence electrons. The molecule has 2 nitrogen and oxygen atoms in total. The number of nitrogens with two attached hydrogens (primary N) is 1. The minimum atomic E-state index is 0.0814. The second-order valence-corrected chi connectivity index (χ2v) is 7.11. The SMILES string of the molecule is CC(N)Cc1cccc(Br)c1OCc1ccc(Br)cc1Cl. The van der Waals surface area contributed by atoms with Gasteiger partial charge in [-0.15, -0.1) is 0 Å². The fraction of sp³-hybridized carbons (Fsp3) is 0.250. The van der Waals surface area contributed by atoms with E-state index >= 15 is 0 Å². The number of rotatable bonds is 5. The Morgan fingerprint density at radius 2 is 1.95 bits per heavy atom. The summed E-state index contributed by atoms with van der Waals surface area (Å²) in [6.45, 7) is 2.40. The molecule has 2 aromatic carbocycles. The van der Waals surface area contributed by atoms with Crippen LogP contribution in [0.15, 0.2) is 45.3 Å². The van der Waals surface area contributed by atoms with Gasteiger partial charge in [-0.1, -0.05) is 45.7 Å². The van der Waals surface area contributed by atoms with Crippen molar-refractivity contribution in [2.75, 3.05) is 0 Å². The molecule has 21 heavy (non-hydrogen) atoms. The van der Waals surface area contributed by atoms with E-state index in [2.05, 4.69) is 31.9 Å². The first-order valence-corrected chi connectivity index (χ1v) is 8.53. The zero-order valence-corrected chi connectivity index (χ0v) is 15.5. The monoisotopic (exact) mass is 431 g/mol. The summed E-state index contributed by atoms with van der Waals surface area (Å²) in [5, 5.41) is 0.685. The van der Waals surface area contributed by atoms with Crippen molar-refractivity contribution in [2.45, 2.75) is 26.0 Å². The molecule has 5 heteroatoms. The highest BCUT2D eigenvalue weighted by Gasteiger charge is 2.11. The highest BCUT2D eigenvalue weighted by Crippen LogP contribution is 2.31. The number of hydrogen-bond donors (Lipinski definition) is 1. The maximum Gasteiger partial charge on any atom is 0.137 e. The predicted octanol–water partition coefficient (Wildman–Crippen LogP) is 5.33. The van der Waals surface area contributed by atoms with E-state index in [0.717, 1.165) is 32.2 Å². The van der Waals surface area contributed by atoms with Crippen LogP contribution in [0, 0.1) is 0 Å². The molecule has 0 aliphatic rings. The maximum absolute atomic E-state index is 6.22. The Bertz CT molecular complexity index is 632. The lowest BCUT2D eigenvalue weighted by atomic mass is 10.1. The van der Waals surface area contributed by atoms with Gasteiger partial charge < -0.3 is 10.5 Å². The zero-order valence-electron chi connectivity index (χ0n) is 11.6. The summed E-state index contributed by atoms with van der Waals surface area (Å²) in [5.74, 6) is 0.828. The van der Waals surface area contributed by atoms with Gasteiger partial charge in [-0.2, -0.15) is 0 Å². The molecule has 2 rings (SSSR count). The Morgan fingerprint density at radius 1 is 1.19 bits per heavy atom. The minimum Gasteiger partial charge on any atom is -0.487 e. The number of para-hydroxylation sites is 1. The first kappa shape index (κ1) is 16.8. The van der Waals surface area contributed by atoms with Gasteiger partial charge in [0, 0.05) is 21.1 Å². The lowest BCUT2D eigenvalue weighted by molar-refractivity contribution is 0.300. The molecule has 0 radical (unpaired) electrons. The van der Waals surface area contributed by atoms with Crippen LogP contribution in [0.2, 0.25) is 5.02 Å². The summed E-state index contributed by atoms with van der Waals surface area (Å²) in [6, 6.07) is 11.8. The second-order valence-electron chi connectivity index (χ2n) is 4.93. The van der Waals surface area contributed by atoms with Gasteiger partial charge in [0.2, 0.25) is 0 Å². The summed E-state index contributed by atoms with van der Waals surface area (Å²) in [7, 11) is 0. The molecule has 0 aliphatic carbocycles. The average Bonchev–Trinajstić information content (AvgIpc) is 2.39. The topological polar surface area (TPSA) is 35.2 Å². The third-order valence-corrected chi connectivity index (χ3v) is 4.45. The minimum absolute atomic E-state index is 0.0814. The molecule has 0 saturated heterocycles. The first-order chi connectivity index (χ1) is 9.97. The molecule has 0 aliphatic heterocycles. The highest BCUT2D eigenvalue weighted by atomic mass is 79.9. The van der Waals surface area contributed by atoms with E-state index in [1.54, 1.807) is 0 Å². The van der Waals surface area contributed by atoms with Crippen LogP contribution in [-0.2, 0) is 13.0 Å². The lowest BCUT2D eigenvalue weighted by Crippen LogP contribution is -2.18. The van der Waals surface area contributed by atoms with Crippen LogP contribution in [0.5, 0.6) is 5.75 Å². The third-order valence-electron chi connectivity index (χ3n) is 2.98. The van der Waals surface area contributed by atoms with Crippen molar-refractivity contribution >= 4 is 43.5 Å². The van der Waals surface area contributed by atoms with E-state index in [1.165, 1.54) is 0 Å². The Balaban J connectivity index is 2.19. The van der Waals surface area contributed by atoms with Crippen molar-refractivity contribution in [1.29, 1.82) is 0 Å². The molecular weight excluding hydrogens is 417 g/mol. The van der Waals surface area contributed by atoms with Gasteiger partial charge in [0.15, 0.2) is 0 Å². The predicted molar refractivity (Wildman–Crippen MR) is 95.0 cm³/mol. The Morgan fingerprint density at radius 3 is 2.62 bits per heavy atom. The molecule has 0 saturated carbocycles. The summed E-state index contributed by atoms with van der Waals surface area (Å²) in [5.41, 5.74) is 7.93. The summed E-state index contributed by atoms with van der Waals surface area (Å²) in [6.07, 6.45) is 0.767. The molecule has 0 spiro atoms. The summed E-state index contributed by atoms with van der Waals surface area (Å²) >= 11 is 13.1. The molecule has 0 bridgehead atoms. The first-order valence-electron chi connectivity index (χ1n) is 6.57. The highest BCUT2D eigenvalue weighted by molar-refractivity contribution is 9.10. The van der Waals surface area contributed by atoms with Crippen LogP contribution >= 0.6 is 43.5 Å². The van der Waals surface area contributed by atoms with Crippen molar-refractivity contribution in [3.63, 3.8) is 0 Å². The van der Waals surface area contributed by atoms with Crippen LogP contribution < -0.4 is 10.5 Å². The van der Waals surface area contributed by atoms with Crippen LogP contribution in [-0.4, -0.2) is 6.04 Å². The van der Waals surface area contributed by atoms with Crippen LogP contribution in [0.3, 0.4) is 0 Å². The van der Waals surface area contributed by atoms with Crippen LogP contribution in [0.25, 0.3) is 0 Å². The maximum atomic E-state index is 6.22. The second kappa shape index (κ2) is 7.63. The summed E-state index contributed by atoms with van der Waals surface area (Å²) in [4.78, 5) is 0. The van der Waals surface area contributed by atoms with E-state index in [0.29, 0.717) is 11.6 Å². The molecule has 0 amide bonds. The van der Waals surface area contributed by atoms with Gasteiger partial charge in [0.1, 0.15) is 12.4 Å². The number of ether oxygens (including phenoxy) is 1. The molecular formula is C16H16Br2ClNO. The van der Waals surface area contributed by atoms with Gasteiger partial charge in [-0.25, -0.2) is 0 Å². The Labute approximate surface area is 146 Å². The van der Waals surface area contributed by atoms with Crippen molar-refractivity contribution in [1.82, 2.24) is 0 Å². The quantitative estimate of drug-likeness (QED) is 0.691. The Kier molecular flexibility index (Phi) is 6.11. The van der Waals surface area contributed by atoms with E-state index in [-0.39, 0.29) is 6.04 Å². The largest absolute Gasteiger partial charge is 0.487 e. The summed E-state index contributed by atoms with van der Waals surface area (Å²) < 4.78 is 7.85. The Hall–Kier alpha value is -0.550. The fourth-order valence-corrected chi connectivity index (χ4v) is 3.26. The van der Waals surface area contributed by atoms with Gasteiger partial charge in [0.25, 0.3) is 0 Å². The van der Waals surface area contributed by atoms with Crippen molar-refractivity contribution in [3.05, 3.63) is 61.5 Å². The van der Waals surface area contributed by atoms with E-state index in [9.17, 15) is 0 Å². The molecule has 0 heterocycles. The van der Waals surface area contributed by atoms with Gasteiger partial charge in [-0.3, -0.25) is 0 Å². The molecule has 0 aromatic heterocycles. The lowest BCUT2D eigenvalue weighted by Gasteiger charge is -2.15. The molecule has 2 N–H and O–H groups in total. The smallest absolute Gasteiger partial charge is 0.137 e. The van der Waals surface area contributed by atoms with Crippen LogP contribution in [0.1, 0.15) is 18.1 Å². The van der Waals surface area contributed by atoms with Crippen molar-refractivity contribution < 1.29 is 4.74 Å². The molecule has 1 unspecified atom stereocenters. The van der Waals surface area contributed by atoms with Crippen LogP contribution in [0.4, 0.5) is 0 Å². The number of benzene rings is 2. The zero-order chi connectivity index (χ0) is 15.4. The molecule has 2 aromatic rings. The number of halogens is 3. The van der Waals surface area contributed by atoms with E-state index < -0.39 is 0 Å². The van der Waals surface area contributed by atoms with Gasteiger partial charge in [0.05, 0.1) is 4.47 Å². The third kappa shape index (κ3) is 4.71. The fourth-order valence-electron chi connectivity index (χ4n) is 2.01. The van der Waals surface area contributed by atoms with Gasteiger partial charge >= 0.3 is 0 Å². The standard InChI is InChI=1S/C16H16Br2ClNO/c1-10(20)7-11-3-2-4-14(18)16(11)21-9-12-5-6-13(17)8-15(12)19/h2-6,8,10H,7,9,20H2,1H3. The van der Waals surface area contributed by atoms with Gasteiger partial charge in [-0.05, 0) is 53.0 Å². The molecule has 0 fully saturated rings. The van der Waals surface area contributed by atoms with Crippen molar-refractivity contribution in [3.8, 4) is 5.75 Å². The van der Waals surface area contributed by atoms with E-state index in [4.69, 9.17) is 22.1 Å². The van der Waals surface area contributed by atoms with E-state index in [1.807, 2.05) is 43.3 Å². The average molecular weight is 434 g/mol. The van der Waals surface area contributed by atoms with Crippen molar-refractivity contribution in [2.24, 2.45) is 5.73 Å².